The van der Waals surface area contributed by atoms with E-state index in [4.69, 9.17) is 4.74 Å². The van der Waals surface area contributed by atoms with E-state index in [1.54, 1.807) is 6.07 Å². The van der Waals surface area contributed by atoms with Crippen LogP contribution in [0.5, 0.6) is 5.75 Å². The van der Waals surface area contributed by atoms with Gasteiger partial charge in [-0.15, -0.1) is 0 Å². The largest absolute Gasteiger partial charge is 0.475 e. The first kappa shape index (κ1) is 10.4. The van der Waals surface area contributed by atoms with Gasteiger partial charge in [0.25, 0.3) is 0 Å². The van der Waals surface area contributed by atoms with Crippen LogP contribution in [-0.2, 0) is 16.0 Å². The molecule has 0 fully saturated rings. The van der Waals surface area contributed by atoms with Crippen LogP contribution in [0.3, 0.4) is 0 Å². The van der Waals surface area contributed by atoms with E-state index in [1.807, 2.05) is 0 Å². The number of esters is 1. The molecular formula is C10H8BrFO3. The summed E-state index contributed by atoms with van der Waals surface area (Å²) in [6, 6.07) is 3.04. The van der Waals surface area contributed by atoms with Crippen molar-refractivity contribution < 1.29 is 18.7 Å². The molecule has 5 heteroatoms. The maximum absolute atomic E-state index is 13.4. The summed E-state index contributed by atoms with van der Waals surface area (Å²) in [5.41, 5.74) is 0.678. The number of rotatable bonds is 1. The number of methoxy groups -OCH3 is 1. The van der Waals surface area contributed by atoms with Crippen LogP contribution in [-0.4, -0.2) is 19.2 Å². The molecule has 1 aliphatic heterocycles. The maximum atomic E-state index is 13.4. The topological polar surface area (TPSA) is 35.5 Å². The minimum atomic E-state index is -0.728. The van der Waals surface area contributed by atoms with Gasteiger partial charge in [0, 0.05) is 16.5 Å². The zero-order valence-electron chi connectivity index (χ0n) is 7.92. The standard InChI is InChI=1S/C10H8BrFO3/c1-14-10(13)8-3-5-2-6(11)4-7(12)9(5)15-8/h2,4,8H,3H2,1H3. The third-order valence-electron chi connectivity index (χ3n) is 2.21. The molecule has 80 valence electrons. The number of benzene rings is 1. The quantitative estimate of drug-likeness (QED) is 0.736. The summed E-state index contributed by atoms with van der Waals surface area (Å²) >= 11 is 3.18. The van der Waals surface area contributed by atoms with Crippen LogP contribution in [0.25, 0.3) is 0 Å². The van der Waals surface area contributed by atoms with Crippen LogP contribution in [0.2, 0.25) is 0 Å². The van der Waals surface area contributed by atoms with Crippen molar-refractivity contribution in [2.75, 3.05) is 7.11 Å². The highest BCUT2D eigenvalue weighted by molar-refractivity contribution is 9.10. The van der Waals surface area contributed by atoms with E-state index >= 15 is 0 Å². The maximum Gasteiger partial charge on any atom is 0.347 e. The van der Waals surface area contributed by atoms with Crippen LogP contribution in [0.1, 0.15) is 5.56 Å². The Morgan fingerprint density at radius 3 is 3.07 bits per heavy atom. The second kappa shape index (κ2) is 3.81. The van der Waals surface area contributed by atoms with Crippen molar-refractivity contribution in [1.82, 2.24) is 0 Å². The molecule has 1 unspecified atom stereocenters. The highest BCUT2D eigenvalue weighted by Crippen LogP contribution is 2.34. The van der Waals surface area contributed by atoms with E-state index in [1.165, 1.54) is 13.2 Å². The lowest BCUT2D eigenvalue weighted by Gasteiger charge is -2.07. The zero-order valence-corrected chi connectivity index (χ0v) is 9.51. The van der Waals surface area contributed by atoms with Gasteiger partial charge in [-0.2, -0.15) is 0 Å². The van der Waals surface area contributed by atoms with E-state index in [-0.39, 0.29) is 5.75 Å². The van der Waals surface area contributed by atoms with Crippen molar-refractivity contribution in [1.29, 1.82) is 0 Å². The van der Waals surface area contributed by atoms with Crippen molar-refractivity contribution in [3.63, 3.8) is 0 Å². The summed E-state index contributed by atoms with van der Waals surface area (Å²) in [6.07, 6.45) is -0.382. The van der Waals surface area contributed by atoms with Crippen molar-refractivity contribution in [3.8, 4) is 5.75 Å². The van der Waals surface area contributed by atoms with Gasteiger partial charge in [-0.25, -0.2) is 9.18 Å². The molecule has 1 aromatic carbocycles. The number of ether oxygens (including phenoxy) is 2. The SMILES string of the molecule is COC(=O)C1Cc2cc(Br)cc(F)c2O1. The Labute approximate surface area is 94.3 Å². The Balaban J connectivity index is 2.31. The summed E-state index contributed by atoms with van der Waals surface area (Å²) in [6.45, 7) is 0. The Morgan fingerprint density at radius 2 is 2.40 bits per heavy atom. The van der Waals surface area contributed by atoms with Gasteiger partial charge in [0.05, 0.1) is 7.11 Å². The number of hydrogen-bond acceptors (Lipinski definition) is 3. The smallest absolute Gasteiger partial charge is 0.347 e. The predicted molar refractivity (Wildman–Crippen MR) is 54.2 cm³/mol. The molecule has 1 atom stereocenters. The van der Waals surface area contributed by atoms with E-state index in [2.05, 4.69) is 20.7 Å². The molecule has 2 rings (SSSR count). The van der Waals surface area contributed by atoms with Crippen LogP contribution in [0.15, 0.2) is 16.6 Å². The number of hydrogen-bond donors (Lipinski definition) is 0. The Bertz CT molecular complexity index is 419. The van der Waals surface area contributed by atoms with Crippen LogP contribution in [0, 0.1) is 5.82 Å². The monoisotopic (exact) mass is 274 g/mol. The van der Waals surface area contributed by atoms with E-state index in [0.29, 0.717) is 16.5 Å². The van der Waals surface area contributed by atoms with Gasteiger partial charge in [-0.05, 0) is 12.1 Å². The predicted octanol–water partition coefficient (Wildman–Crippen LogP) is 2.06. The molecule has 1 aromatic rings. The molecule has 1 heterocycles. The lowest BCUT2D eigenvalue weighted by Crippen LogP contribution is -2.26. The first-order valence-electron chi connectivity index (χ1n) is 4.34. The highest BCUT2D eigenvalue weighted by atomic mass is 79.9. The van der Waals surface area contributed by atoms with E-state index < -0.39 is 17.9 Å². The Hall–Kier alpha value is -1.10. The van der Waals surface area contributed by atoms with E-state index in [9.17, 15) is 9.18 Å². The van der Waals surface area contributed by atoms with Crippen LogP contribution >= 0.6 is 15.9 Å². The third kappa shape index (κ3) is 1.84. The summed E-state index contributed by atoms with van der Waals surface area (Å²) in [5, 5.41) is 0. The van der Waals surface area contributed by atoms with Crippen LogP contribution in [0.4, 0.5) is 4.39 Å². The molecule has 3 nitrogen and oxygen atoms in total. The molecule has 15 heavy (non-hydrogen) atoms. The number of carbonyl (C=O) groups excluding carboxylic acids is 1. The molecular weight excluding hydrogens is 267 g/mol. The van der Waals surface area contributed by atoms with Gasteiger partial charge in [-0.3, -0.25) is 0 Å². The van der Waals surface area contributed by atoms with Gasteiger partial charge in [0.15, 0.2) is 17.7 Å². The lowest BCUT2D eigenvalue weighted by atomic mass is 10.1. The first-order valence-corrected chi connectivity index (χ1v) is 5.13. The van der Waals surface area contributed by atoms with Crippen LogP contribution < -0.4 is 4.74 Å². The Morgan fingerprint density at radius 1 is 1.67 bits per heavy atom. The van der Waals surface area contributed by atoms with Gasteiger partial charge in [-0.1, -0.05) is 15.9 Å². The van der Waals surface area contributed by atoms with Gasteiger partial charge in [0.1, 0.15) is 0 Å². The molecule has 1 aliphatic rings. The summed E-state index contributed by atoms with van der Waals surface area (Å²) < 4.78 is 23.7. The first-order chi connectivity index (χ1) is 7.11. The molecule has 0 amide bonds. The van der Waals surface area contributed by atoms with E-state index in [0.717, 1.165) is 0 Å². The van der Waals surface area contributed by atoms with Gasteiger partial charge in [0.2, 0.25) is 0 Å². The average molecular weight is 275 g/mol. The fraction of sp³-hybridized carbons (Fsp3) is 0.300. The molecule has 0 bridgehead atoms. The number of carbonyl (C=O) groups is 1. The average Bonchev–Trinajstić information content (AvgIpc) is 2.60. The minimum absolute atomic E-state index is 0.147. The molecule has 0 saturated heterocycles. The van der Waals surface area contributed by atoms with Crippen molar-refractivity contribution in [2.24, 2.45) is 0 Å². The second-order valence-electron chi connectivity index (χ2n) is 3.21. The Kier molecular flexibility index (Phi) is 2.65. The third-order valence-corrected chi connectivity index (χ3v) is 2.67. The summed E-state index contributed by atoms with van der Waals surface area (Å²) in [5.74, 6) is -0.805. The molecule has 0 saturated carbocycles. The van der Waals surface area contributed by atoms with Crippen molar-refractivity contribution in [2.45, 2.75) is 12.5 Å². The van der Waals surface area contributed by atoms with Crippen molar-refractivity contribution >= 4 is 21.9 Å². The normalized spacial score (nSPS) is 18.2. The fourth-order valence-electron chi connectivity index (χ4n) is 1.54. The molecule has 0 aromatic heterocycles. The molecule has 0 radical (unpaired) electrons. The summed E-state index contributed by atoms with van der Waals surface area (Å²) in [7, 11) is 1.28. The minimum Gasteiger partial charge on any atom is -0.475 e. The zero-order chi connectivity index (χ0) is 11.0. The molecule has 0 spiro atoms. The molecule has 0 N–H and O–H groups in total. The summed E-state index contributed by atoms with van der Waals surface area (Å²) in [4.78, 5) is 11.2. The second-order valence-corrected chi connectivity index (χ2v) is 4.13. The number of fused-ring (bicyclic) bond motifs is 1. The number of halogens is 2. The molecule has 0 aliphatic carbocycles. The lowest BCUT2D eigenvalue weighted by molar-refractivity contribution is -0.147. The fourth-order valence-corrected chi connectivity index (χ4v) is 2.02. The highest BCUT2D eigenvalue weighted by Gasteiger charge is 2.32. The van der Waals surface area contributed by atoms with Gasteiger partial charge >= 0.3 is 5.97 Å². The van der Waals surface area contributed by atoms with Gasteiger partial charge < -0.3 is 9.47 Å². The van der Waals surface area contributed by atoms with Crippen molar-refractivity contribution in [3.05, 3.63) is 28.0 Å².